The number of rotatable bonds is 3. The molecule has 1 aromatic rings. The number of ketones is 1. The molecule has 2 bridgehead atoms. The lowest BCUT2D eigenvalue weighted by atomic mass is 10.0. The van der Waals surface area contributed by atoms with E-state index >= 15 is 0 Å². The Morgan fingerprint density at radius 2 is 2.00 bits per heavy atom. The van der Waals surface area contributed by atoms with Crippen LogP contribution in [0.5, 0.6) is 11.5 Å². The van der Waals surface area contributed by atoms with Crippen molar-refractivity contribution in [2.75, 3.05) is 0 Å². The first-order valence-corrected chi connectivity index (χ1v) is 4.29. The number of Topliss-reactive ketones (excluding diaryl/α,β-unsaturated/α-hetero) is 1. The number of carbonyl (C=O) groups excluding carboxylic acids is 1. The fourth-order valence-corrected chi connectivity index (χ4v) is 1.51. The summed E-state index contributed by atoms with van der Waals surface area (Å²) in [5.74, 6) is -4.17. The minimum Gasteiger partial charge on any atom is -0.439 e. The molecule has 0 saturated heterocycles. The van der Waals surface area contributed by atoms with Crippen LogP contribution in [0.1, 0.15) is 12.5 Å². The first-order valence-electron chi connectivity index (χ1n) is 4.29. The van der Waals surface area contributed by atoms with Crippen molar-refractivity contribution in [3.63, 3.8) is 0 Å². The lowest BCUT2D eigenvalue weighted by Crippen LogP contribution is -2.15. The van der Waals surface area contributed by atoms with Gasteiger partial charge in [0.25, 0.3) is 0 Å². The maximum absolute atomic E-state index is 13.3. The summed E-state index contributed by atoms with van der Waals surface area (Å²) in [6, 6.07) is 0. The summed E-state index contributed by atoms with van der Waals surface area (Å²) >= 11 is 0. The van der Waals surface area contributed by atoms with E-state index < -0.39 is 45.8 Å². The van der Waals surface area contributed by atoms with Crippen LogP contribution in [0, 0.1) is 21.7 Å². The Bertz CT molecular complexity index is 527. The zero-order valence-corrected chi connectivity index (χ0v) is 8.04. The SMILES string of the molecule is CC(=O)Cc1c(F)c(F)c2c([N+](=O)[O-])c1O2. The van der Waals surface area contributed by atoms with Crippen molar-refractivity contribution in [2.45, 2.75) is 13.3 Å². The monoisotopic (exact) mass is 229 g/mol. The number of ether oxygens (including phenoxy) is 1. The van der Waals surface area contributed by atoms with Crippen molar-refractivity contribution in [1.82, 2.24) is 0 Å². The molecule has 2 aliphatic heterocycles. The molecule has 16 heavy (non-hydrogen) atoms. The molecule has 5 nitrogen and oxygen atoms in total. The molecule has 0 radical (unpaired) electrons. The molecule has 0 aliphatic carbocycles. The zero-order chi connectivity index (χ0) is 12.0. The van der Waals surface area contributed by atoms with E-state index in [9.17, 15) is 23.7 Å². The molecule has 0 unspecified atom stereocenters. The maximum Gasteiger partial charge on any atom is 0.357 e. The van der Waals surface area contributed by atoms with Gasteiger partial charge in [0, 0.05) is 12.0 Å². The van der Waals surface area contributed by atoms with E-state index in [2.05, 4.69) is 4.74 Å². The minimum absolute atomic E-state index is 0.353. The van der Waals surface area contributed by atoms with Crippen molar-refractivity contribution in [1.29, 1.82) is 0 Å². The maximum atomic E-state index is 13.3. The van der Waals surface area contributed by atoms with E-state index in [4.69, 9.17) is 0 Å². The zero-order valence-electron chi connectivity index (χ0n) is 8.04. The van der Waals surface area contributed by atoms with E-state index in [0.29, 0.717) is 0 Å². The Morgan fingerprint density at radius 1 is 1.38 bits per heavy atom. The number of nitro benzene ring substituents is 1. The number of nitro groups is 1. The summed E-state index contributed by atoms with van der Waals surface area (Å²) in [4.78, 5) is 20.5. The van der Waals surface area contributed by atoms with Gasteiger partial charge in [0.15, 0.2) is 5.82 Å². The predicted octanol–water partition coefficient (Wildman–Crippen LogP) is 2.11. The molecule has 2 heterocycles. The summed E-state index contributed by atoms with van der Waals surface area (Å²) in [7, 11) is 0. The molecule has 3 rings (SSSR count). The van der Waals surface area contributed by atoms with Gasteiger partial charge in [-0.25, -0.2) is 4.39 Å². The first-order chi connectivity index (χ1) is 7.43. The Labute approximate surface area is 87.8 Å². The highest BCUT2D eigenvalue weighted by Crippen LogP contribution is 2.54. The smallest absolute Gasteiger partial charge is 0.357 e. The standard InChI is InChI=1S/C9H5F2NO4/c1-3(13)2-4-5(10)6(11)9-7(12(14)15)8(4)16-9/h2H2,1H3. The number of fused-ring (bicyclic) bond motifs is 2. The molecule has 0 aromatic heterocycles. The van der Waals surface area contributed by atoms with Crippen LogP contribution in [0.4, 0.5) is 14.5 Å². The molecule has 0 amide bonds. The van der Waals surface area contributed by atoms with E-state index in [1.165, 1.54) is 6.92 Å². The highest BCUT2D eigenvalue weighted by Gasteiger charge is 2.43. The fraction of sp³-hybridized carbons (Fsp3) is 0.222. The lowest BCUT2D eigenvalue weighted by molar-refractivity contribution is -0.390. The highest BCUT2D eigenvalue weighted by molar-refractivity contribution is 5.82. The Hall–Kier alpha value is -2.05. The summed E-state index contributed by atoms with van der Waals surface area (Å²) in [6.45, 7) is 1.17. The molecular weight excluding hydrogens is 224 g/mol. The van der Waals surface area contributed by atoms with Gasteiger partial charge in [-0.3, -0.25) is 14.9 Å². The summed E-state index contributed by atoms with van der Waals surface area (Å²) in [5.41, 5.74) is -0.998. The molecule has 0 atom stereocenters. The summed E-state index contributed by atoms with van der Waals surface area (Å²) < 4.78 is 31.1. The molecule has 84 valence electrons. The van der Waals surface area contributed by atoms with Crippen LogP contribution < -0.4 is 4.74 Å². The number of carbonyl (C=O) groups is 1. The van der Waals surface area contributed by atoms with Gasteiger partial charge in [-0.05, 0) is 6.92 Å². The van der Waals surface area contributed by atoms with Crippen LogP contribution in [-0.4, -0.2) is 10.7 Å². The summed E-state index contributed by atoms with van der Waals surface area (Å²) in [6.07, 6.45) is -0.431. The third kappa shape index (κ3) is 1.24. The lowest BCUT2D eigenvalue weighted by Gasteiger charge is -2.21. The normalized spacial score (nSPS) is 11.7. The number of hydrogen-bond donors (Lipinski definition) is 0. The van der Waals surface area contributed by atoms with Crippen molar-refractivity contribution in [2.24, 2.45) is 0 Å². The Morgan fingerprint density at radius 3 is 2.50 bits per heavy atom. The van der Waals surface area contributed by atoms with Crippen LogP contribution >= 0.6 is 0 Å². The molecule has 7 heteroatoms. The molecule has 0 N–H and O–H groups in total. The van der Waals surface area contributed by atoms with Gasteiger partial charge in [0.05, 0.1) is 4.92 Å². The number of nitrogens with zero attached hydrogens (tertiary/aromatic N) is 1. The number of halogens is 2. The fourth-order valence-electron chi connectivity index (χ4n) is 1.51. The summed E-state index contributed by atoms with van der Waals surface area (Å²) in [5, 5.41) is 10.5. The van der Waals surface area contributed by atoms with Crippen LogP contribution in [0.3, 0.4) is 0 Å². The van der Waals surface area contributed by atoms with Crippen LogP contribution in [-0.2, 0) is 11.2 Å². The van der Waals surface area contributed by atoms with E-state index in [-0.39, 0.29) is 5.75 Å². The van der Waals surface area contributed by atoms with Crippen molar-refractivity contribution in [3.8, 4) is 11.5 Å². The largest absolute Gasteiger partial charge is 0.439 e. The van der Waals surface area contributed by atoms with Gasteiger partial charge in [-0.2, -0.15) is 4.39 Å². The highest BCUT2D eigenvalue weighted by atomic mass is 19.2. The molecule has 2 aliphatic rings. The van der Waals surface area contributed by atoms with Crippen molar-refractivity contribution < 1.29 is 23.2 Å². The van der Waals surface area contributed by atoms with Gasteiger partial charge >= 0.3 is 5.69 Å². The average Bonchev–Trinajstić information content (AvgIpc) is 2.09. The van der Waals surface area contributed by atoms with Gasteiger partial charge in [-0.15, -0.1) is 0 Å². The quantitative estimate of drug-likeness (QED) is 0.597. The second kappa shape index (κ2) is 3.22. The molecular formula is C9H5F2NO4. The number of hydrogen-bond acceptors (Lipinski definition) is 4. The topological polar surface area (TPSA) is 69.4 Å². The van der Waals surface area contributed by atoms with Crippen LogP contribution in [0.25, 0.3) is 0 Å². The molecule has 0 saturated carbocycles. The second-order valence-electron chi connectivity index (χ2n) is 3.35. The predicted molar refractivity (Wildman–Crippen MR) is 47.5 cm³/mol. The van der Waals surface area contributed by atoms with Crippen LogP contribution in [0.2, 0.25) is 0 Å². The minimum atomic E-state index is -1.42. The Balaban J connectivity index is 2.62. The second-order valence-corrected chi connectivity index (χ2v) is 3.35. The van der Waals surface area contributed by atoms with E-state index in [0.717, 1.165) is 0 Å². The van der Waals surface area contributed by atoms with Crippen LogP contribution in [0.15, 0.2) is 0 Å². The van der Waals surface area contributed by atoms with E-state index in [1.54, 1.807) is 0 Å². The number of benzene rings is 1. The average molecular weight is 229 g/mol. The molecule has 0 fully saturated rings. The molecule has 1 aromatic carbocycles. The third-order valence-corrected chi connectivity index (χ3v) is 2.17. The molecule has 0 spiro atoms. The van der Waals surface area contributed by atoms with Gasteiger partial charge < -0.3 is 4.74 Å². The third-order valence-electron chi connectivity index (χ3n) is 2.17. The van der Waals surface area contributed by atoms with E-state index in [1.807, 2.05) is 0 Å². The van der Waals surface area contributed by atoms with Crippen molar-refractivity contribution in [3.05, 3.63) is 27.3 Å². The van der Waals surface area contributed by atoms with Gasteiger partial charge in [-0.1, -0.05) is 0 Å². The Kier molecular flexibility index (Phi) is 2.11. The van der Waals surface area contributed by atoms with Gasteiger partial charge in [0.2, 0.25) is 17.3 Å². The van der Waals surface area contributed by atoms with Gasteiger partial charge in [0.1, 0.15) is 5.78 Å². The van der Waals surface area contributed by atoms with Crippen molar-refractivity contribution >= 4 is 11.5 Å². The first kappa shape index (κ1) is 10.5.